The Hall–Kier alpha value is -3.23. The van der Waals surface area contributed by atoms with Crippen molar-refractivity contribution in [3.05, 3.63) is 68.8 Å². The van der Waals surface area contributed by atoms with Gasteiger partial charge < -0.3 is 4.74 Å². The molecule has 4 rings (SSSR count). The summed E-state index contributed by atoms with van der Waals surface area (Å²) in [4.78, 5) is 29.8. The van der Waals surface area contributed by atoms with Gasteiger partial charge in [0.2, 0.25) is 5.43 Å². The van der Waals surface area contributed by atoms with E-state index >= 15 is 0 Å². The summed E-state index contributed by atoms with van der Waals surface area (Å²) in [6, 6.07) is 12.3. The largest absolute Gasteiger partial charge is 0.497 e. The van der Waals surface area contributed by atoms with Crippen LogP contribution in [0.3, 0.4) is 0 Å². The number of benzene rings is 2. The highest BCUT2D eigenvalue weighted by Gasteiger charge is 2.18. The average Bonchev–Trinajstić information content (AvgIpc) is 3.19. The van der Waals surface area contributed by atoms with Crippen molar-refractivity contribution < 1.29 is 9.53 Å². The minimum absolute atomic E-state index is 0.219. The Morgan fingerprint density at radius 1 is 1.21 bits per heavy atom. The molecule has 0 atom stereocenters. The van der Waals surface area contributed by atoms with Crippen molar-refractivity contribution in [1.29, 1.82) is 0 Å². The van der Waals surface area contributed by atoms with Gasteiger partial charge in [0, 0.05) is 23.0 Å². The van der Waals surface area contributed by atoms with E-state index in [1.807, 2.05) is 29.6 Å². The van der Waals surface area contributed by atoms with E-state index in [1.165, 1.54) is 22.1 Å². The van der Waals surface area contributed by atoms with Crippen LogP contribution >= 0.6 is 22.9 Å². The zero-order valence-corrected chi connectivity index (χ0v) is 17.0. The summed E-state index contributed by atoms with van der Waals surface area (Å²) in [5.74, 6) is 0.124. The first-order valence-electron chi connectivity index (χ1n) is 8.54. The summed E-state index contributed by atoms with van der Waals surface area (Å²) in [6.07, 6.45) is 0. The number of carbonyl (C=O) groups excluding carboxylic acids is 1. The van der Waals surface area contributed by atoms with Crippen molar-refractivity contribution in [2.45, 2.75) is 0 Å². The fourth-order valence-corrected chi connectivity index (χ4v) is 3.77. The van der Waals surface area contributed by atoms with Gasteiger partial charge in [-0.2, -0.15) is 5.10 Å². The lowest BCUT2D eigenvalue weighted by molar-refractivity contribution is 0.101. The van der Waals surface area contributed by atoms with Crippen LogP contribution in [-0.4, -0.2) is 27.8 Å². The van der Waals surface area contributed by atoms with Gasteiger partial charge in [-0.25, -0.2) is 4.98 Å². The smallest absolute Gasteiger partial charge is 0.281 e. The number of nitrogens with zero attached hydrogens (tertiary/aromatic N) is 3. The van der Waals surface area contributed by atoms with Crippen LogP contribution in [0.15, 0.2) is 52.6 Å². The van der Waals surface area contributed by atoms with Gasteiger partial charge in [-0.1, -0.05) is 11.6 Å². The van der Waals surface area contributed by atoms with Crippen LogP contribution in [0.1, 0.15) is 10.5 Å². The van der Waals surface area contributed by atoms with Crippen LogP contribution in [0.25, 0.3) is 22.2 Å². The van der Waals surface area contributed by atoms with Gasteiger partial charge in [-0.15, -0.1) is 11.3 Å². The molecule has 7 nitrogen and oxygen atoms in total. The average molecular weight is 427 g/mol. The third kappa shape index (κ3) is 3.72. The molecule has 146 valence electrons. The van der Waals surface area contributed by atoms with Gasteiger partial charge in [-0.05, 0) is 42.5 Å². The van der Waals surface area contributed by atoms with Crippen molar-refractivity contribution >= 4 is 44.9 Å². The fraction of sp³-hybridized carbons (Fsp3) is 0.100. The highest BCUT2D eigenvalue weighted by molar-refractivity contribution is 7.14. The van der Waals surface area contributed by atoms with Gasteiger partial charge in [-0.3, -0.25) is 19.6 Å². The highest BCUT2D eigenvalue weighted by atomic mass is 35.5. The van der Waals surface area contributed by atoms with Crippen LogP contribution in [0.2, 0.25) is 5.02 Å². The molecule has 0 saturated carbocycles. The lowest BCUT2D eigenvalue weighted by atomic mass is 10.2. The van der Waals surface area contributed by atoms with E-state index in [4.69, 9.17) is 16.3 Å². The molecule has 9 heteroatoms. The van der Waals surface area contributed by atoms with Crippen molar-refractivity contribution in [3.8, 4) is 17.0 Å². The maximum Gasteiger partial charge on any atom is 0.281 e. The molecule has 4 aromatic rings. The standard InChI is InChI=1S/C20H15ClN4O3S/c1-25-16-8-5-12(21)9-14(16)18(26)17(24-25)19(27)23-20-22-15(10-29-20)11-3-6-13(28-2)7-4-11/h3-10H,1-2H3,(H,22,23,27). The first-order chi connectivity index (χ1) is 14.0. The molecule has 0 radical (unpaired) electrons. The number of carbonyl (C=O) groups is 1. The maximum atomic E-state index is 12.7. The fourth-order valence-electron chi connectivity index (χ4n) is 2.88. The second-order valence-electron chi connectivity index (χ2n) is 6.18. The molecule has 0 aliphatic carbocycles. The van der Waals surface area contributed by atoms with Crippen molar-refractivity contribution in [2.24, 2.45) is 7.05 Å². The number of ether oxygens (including phenoxy) is 1. The molecular formula is C20H15ClN4O3S. The molecule has 0 saturated heterocycles. The van der Waals surface area contributed by atoms with Gasteiger partial charge in [0.25, 0.3) is 5.91 Å². The number of rotatable bonds is 4. The van der Waals surface area contributed by atoms with Gasteiger partial charge in [0.05, 0.1) is 23.7 Å². The van der Waals surface area contributed by atoms with Gasteiger partial charge in [0.15, 0.2) is 10.8 Å². The van der Waals surface area contributed by atoms with E-state index < -0.39 is 11.3 Å². The van der Waals surface area contributed by atoms with Crippen molar-refractivity contribution in [2.75, 3.05) is 12.4 Å². The Kier molecular flexibility index (Phi) is 5.04. The lowest BCUT2D eigenvalue weighted by Gasteiger charge is -2.07. The van der Waals surface area contributed by atoms with E-state index in [2.05, 4.69) is 15.4 Å². The number of halogens is 1. The summed E-state index contributed by atoms with van der Waals surface area (Å²) in [6.45, 7) is 0. The van der Waals surface area contributed by atoms with E-state index in [0.29, 0.717) is 26.8 Å². The number of anilines is 1. The topological polar surface area (TPSA) is 86.1 Å². The van der Waals surface area contributed by atoms with Crippen molar-refractivity contribution in [3.63, 3.8) is 0 Å². The minimum atomic E-state index is -0.622. The quantitative estimate of drug-likeness (QED) is 0.533. The van der Waals surface area contributed by atoms with Crippen molar-refractivity contribution in [1.82, 2.24) is 14.8 Å². The van der Waals surface area contributed by atoms with Crippen LogP contribution < -0.4 is 15.5 Å². The first-order valence-corrected chi connectivity index (χ1v) is 9.80. The van der Waals surface area contributed by atoms with Crippen LogP contribution in [0, 0.1) is 0 Å². The Balaban J connectivity index is 1.62. The number of methoxy groups -OCH3 is 1. The van der Waals surface area contributed by atoms with Gasteiger partial charge >= 0.3 is 0 Å². The number of thiazole rings is 1. The maximum absolute atomic E-state index is 12.7. The zero-order valence-electron chi connectivity index (χ0n) is 15.5. The number of hydrogen-bond donors (Lipinski definition) is 1. The second-order valence-corrected chi connectivity index (χ2v) is 7.48. The number of nitrogens with one attached hydrogen (secondary N) is 1. The molecule has 2 aromatic heterocycles. The third-order valence-electron chi connectivity index (χ3n) is 4.34. The molecule has 1 N–H and O–H groups in total. The SMILES string of the molecule is COc1ccc(-c2csc(NC(=O)c3nn(C)c4ccc(Cl)cc4c3=O)n2)cc1. The zero-order chi connectivity index (χ0) is 20.5. The van der Waals surface area contributed by atoms with E-state index in [9.17, 15) is 9.59 Å². The molecule has 0 aliphatic heterocycles. The number of fused-ring (bicyclic) bond motifs is 1. The normalized spacial score (nSPS) is 10.9. The molecule has 2 aromatic carbocycles. The summed E-state index contributed by atoms with van der Waals surface area (Å²) in [7, 11) is 3.27. The Bertz CT molecular complexity index is 1280. The Morgan fingerprint density at radius 3 is 2.69 bits per heavy atom. The summed E-state index contributed by atoms with van der Waals surface area (Å²) in [5, 5.41) is 9.71. The lowest BCUT2D eigenvalue weighted by Crippen LogP contribution is -2.26. The van der Waals surface area contributed by atoms with E-state index in [0.717, 1.165) is 11.3 Å². The van der Waals surface area contributed by atoms with Crippen LogP contribution in [0.5, 0.6) is 5.75 Å². The summed E-state index contributed by atoms with van der Waals surface area (Å²) < 4.78 is 6.63. The van der Waals surface area contributed by atoms with Crippen LogP contribution in [0.4, 0.5) is 5.13 Å². The predicted octanol–water partition coefficient (Wildman–Crippen LogP) is 3.97. The van der Waals surface area contributed by atoms with Gasteiger partial charge in [0.1, 0.15) is 5.75 Å². The Labute approximate surface area is 174 Å². The molecule has 0 bridgehead atoms. The molecule has 2 heterocycles. The minimum Gasteiger partial charge on any atom is -0.497 e. The number of aromatic nitrogens is 3. The highest BCUT2D eigenvalue weighted by Crippen LogP contribution is 2.26. The molecule has 0 aliphatic rings. The Morgan fingerprint density at radius 2 is 1.97 bits per heavy atom. The molecule has 1 amide bonds. The molecular weight excluding hydrogens is 412 g/mol. The number of amides is 1. The molecule has 0 unspecified atom stereocenters. The van der Waals surface area contributed by atoms with E-state index in [-0.39, 0.29) is 5.69 Å². The first kappa shape index (κ1) is 19.1. The molecule has 0 spiro atoms. The summed E-state index contributed by atoms with van der Waals surface area (Å²) >= 11 is 7.26. The van der Waals surface area contributed by atoms with E-state index in [1.54, 1.807) is 26.3 Å². The molecule has 29 heavy (non-hydrogen) atoms. The monoisotopic (exact) mass is 426 g/mol. The predicted molar refractivity (Wildman–Crippen MR) is 114 cm³/mol. The molecule has 0 fully saturated rings. The summed E-state index contributed by atoms with van der Waals surface area (Å²) in [5.41, 5.74) is 1.48. The number of aryl methyl sites for hydroxylation is 1. The third-order valence-corrected chi connectivity index (χ3v) is 5.34. The number of hydrogen-bond acceptors (Lipinski definition) is 6. The second kappa shape index (κ2) is 7.65. The van der Waals surface area contributed by atoms with Crippen LogP contribution in [-0.2, 0) is 7.05 Å².